The number of halogens is 3. The molecule has 0 aliphatic rings. The molecule has 0 unspecified atom stereocenters. The Morgan fingerprint density at radius 3 is 2.50 bits per heavy atom. The van der Waals surface area contributed by atoms with Crippen LogP contribution in [-0.4, -0.2) is 11.0 Å². The van der Waals surface area contributed by atoms with Crippen molar-refractivity contribution in [3.05, 3.63) is 69.4 Å². The minimum atomic E-state index is -1.33. The SMILES string of the molecule is O=C(OCc1cc(F)c(F)cc1F)c1cccc(=O)[nH]1. The maximum absolute atomic E-state index is 13.3. The molecule has 0 atom stereocenters. The van der Waals surface area contributed by atoms with Gasteiger partial charge in [0.15, 0.2) is 11.6 Å². The van der Waals surface area contributed by atoms with Crippen LogP contribution in [0.15, 0.2) is 35.1 Å². The molecule has 1 heterocycles. The summed E-state index contributed by atoms with van der Waals surface area (Å²) in [6.45, 7) is -0.585. The molecule has 0 aliphatic heterocycles. The molecule has 0 saturated heterocycles. The summed E-state index contributed by atoms with van der Waals surface area (Å²) in [4.78, 5) is 24.8. The molecule has 2 rings (SSSR count). The standard InChI is InChI=1S/C13H8F3NO3/c14-8-5-10(16)9(15)4-7(8)6-20-13(19)11-2-1-3-12(18)17-11/h1-5H,6H2,(H,17,18). The topological polar surface area (TPSA) is 59.2 Å². The summed E-state index contributed by atoms with van der Waals surface area (Å²) in [6.07, 6.45) is 0. The summed E-state index contributed by atoms with van der Waals surface area (Å²) in [7, 11) is 0. The van der Waals surface area contributed by atoms with E-state index in [0.717, 1.165) is 0 Å². The number of hydrogen-bond donors (Lipinski definition) is 1. The van der Waals surface area contributed by atoms with Gasteiger partial charge in [0.05, 0.1) is 0 Å². The zero-order chi connectivity index (χ0) is 14.7. The fraction of sp³-hybridized carbons (Fsp3) is 0.0769. The van der Waals surface area contributed by atoms with Crippen molar-refractivity contribution in [2.24, 2.45) is 0 Å². The van der Waals surface area contributed by atoms with Gasteiger partial charge in [-0.25, -0.2) is 18.0 Å². The molecule has 20 heavy (non-hydrogen) atoms. The second kappa shape index (κ2) is 5.60. The van der Waals surface area contributed by atoms with Crippen LogP contribution in [0.5, 0.6) is 0 Å². The number of pyridine rings is 1. The second-order valence-corrected chi connectivity index (χ2v) is 3.86. The average Bonchev–Trinajstić information content (AvgIpc) is 2.41. The van der Waals surface area contributed by atoms with Crippen molar-refractivity contribution in [2.75, 3.05) is 0 Å². The van der Waals surface area contributed by atoms with Crippen LogP contribution < -0.4 is 5.56 Å². The summed E-state index contributed by atoms with van der Waals surface area (Å²) in [5, 5.41) is 0. The Morgan fingerprint density at radius 2 is 1.80 bits per heavy atom. The lowest BCUT2D eigenvalue weighted by Gasteiger charge is -2.06. The first-order valence-electron chi connectivity index (χ1n) is 5.47. The fourth-order valence-corrected chi connectivity index (χ4v) is 1.46. The molecule has 1 N–H and O–H groups in total. The van der Waals surface area contributed by atoms with E-state index in [1.54, 1.807) is 0 Å². The van der Waals surface area contributed by atoms with E-state index in [0.29, 0.717) is 12.1 Å². The van der Waals surface area contributed by atoms with Gasteiger partial charge in [-0.2, -0.15) is 0 Å². The number of H-pyrrole nitrogens is 1. The van der Waals surface area contributed by atoms with Crippen molar-refractivity contribution in [1.29, 1.82) is 0 Å². The van der Waals surface area contributed by atoms with Gasteiger partial charge < -0.3 is 9.72 Å². The maximum Gasteiger partial charge on any atom is 0.355 e. The molecule has 0 aliphatic carbocycles. The third-order valence-electron chi connectivity index (χ3n) is 2.44. The van der Waals surface area contributed by atoms with E-state index in [9.17, 15) is 22.8 Å². The maximum atomic E-state index is 13.3. The third-order valence-corrected chi connectivity index (χ3v) is 2.44. The van der Waals surface area contributed by atoms with Crippen LogP contribution >= 0.6 is 0 Å². The number of carbonyl (C=O) groups is 1. The molecule has 7 heteroatoms. The minimum Gasteiger partial charge on any atom is -0.456 e. The zero-order valence-corrected chi connectivity index (χ0v) is 9.95. The number of nitrogens with one attached hydrogen (secondary N) is 1. The Morgan fingerprint density at radius 1 is 1.10 bits per heavy atom. The Hall–Kier alpha value is -2.57. The number of hydrogen-bond acceptors (Lipinski definition) is 3. The zero-order valence-electron chi connectivity index (χ0n) is 9.95. The number of aromatic nitrogens is 1. The van der Waals surface area contributed by atoms with Gasteiger partial charge in [0.25, 0.3) is 0 Å². The smallest absolute Gasteiger partial charge is 0.355 e. The van der Waals surface area contributed by atoms with E-state index in [2.05, 4.69) is 4.98 Å². The number of carbonyl (C=O) groups excluding carboxylic acids is 1. The van der Waals surface area contributed by atoms with Gasteiger partial charge in [0, 0.05) is 17.7 Å². The highest BCUT2D eigenvalue weighted by molar-refractivity contribution is 5.87. The Kier molecular flexibility index (Phi) is 3.88. The van der Waals surface area contributed by atoms with Gasteiger partial charge in [-0.15, -0.1) is 0 Å². The van der Waals surface area contributed by atoms with Crippen LogP contribution in [0.25, 0.3) is 0 Å². The molecule has 0 saturated carbocycles. The molecule has 1 aromatic heterocycles. The lowest BCUT2D eigenvalue weighted by molar-refractivity contribution is 0.0461. The average molecular weight is 283 g/mol. The van der Waals surface area contributed by atoms with E-state index in [4.69, 9.17) is 4.74 Å². The largest absolute Gasteiger partial charge is 0.456 e. The Labute approximate surface area is 110 Å². The van der Waals surface area contributed by atoms with Crippen molar-refractivity contribution >= 4 is 5.97 Å². The van der Waals surface area contributed by atoms with Crippen LogP contribution in [0.4, 0.5) is 13.2 Å². The monoisotopic (exact) mass is 283 g/mol. The molecule has 0 spiro atoms. The Bertz CT molecular complexity index is 712. The lowest BCUT2D eigenvalue weighted by atomic mass is 10.2. The highest BCUT2D eigenvalue weighted by Crippen LogP contribution is 2.15. The van der Waals surface area contributed by atoms with Crippen molar-refractivity contribution in [1.82, 2.24) is 4.98 Å². The highest BCUT2D eigenvalue weighted by Gasteiger charge is 2.13. The molecule has 0 radical (unpaired) electrons. The predicted molar refractivity (Wildman–Crippen MR) is 62.5 cm³/mol. The van der Waals surface area contributed by atoms with Gasteiger partial charge in [-0.1, -0.05) is 6.07 Å². The van der Waals surface area contributed by atoms with E-state index in [1.807, 2.05) is 0 Å². The van der Waals surface area contributed by atoms with E-state index < -0.39 is 35.6 Å². The summed E-state index contributed by atoms with van der Waals surface area (Å²) in [5.74, 6) is -4.51. The number of rotatable bonds is 3. The fourth-order valence-electron chi connectivity index (χ4n) is 1.46. The summed E-state index contributed by atoms with van der Waals surface area (Å²) >= 11 is 0. The third kappa shape index (κ3) is 3.05. The lowest BCUT2D eigenvalue weighted by Crippen LogP contribution is -2.14. The van der Waals surface area contributed by atoms with Crippen LogP contribution in [0.2, 0.25) is 0 Å². The molecular weight excluding hydrogens is 275 g/mol. The first-order valence-corrected chi connectivity index (χ1v) is 5.47. The normalized spacial score (nSPS) is 10.3. The van der Waals surface area contributed by atoms with Crippen molar-refractivity contribution in [3.8, 4) is 0 Å². The van der Waals surface area contributed by atoms with Gasteiger partial charge in [0.2, 0.25) is 5.56 Å². The molecule has 0 fully saturated rings. The first-order chi connectivity index (χ1) is 9.47. The highest BCUT2D eigenvalue weighted by atomic mass is 19.2. The molecular formula is C13H8F3NO3. The van der Waals surface area contributed by atoms with E-state index in [1.165, 1.54) is 18.2 Å². The van der Waals surface area contributed by atoms with Crippen molar-refractivity contribution in [2.45, 2.75) is 6.61 Å². The van der Waals surface area contributed by atoms with Gasteiger partial charge in [-0.3, -0.25) is 4.79 Å². The summed E-state index contributed by atoms with van der Waals surface area (Å²) < 4.78 is 43.6. The number of benzene rings is 1. The van der Waals surface area contributed by atoms with Gasteiger partial charge in [0.1, 0.15) is 18.1 Å². The molecule has 1 aromatic carbocycles. The first kappa shape index (κ1) is 13.9. The molecule has 0 bridgehead atoms. The van der Waals surface area contributed by atoms with Crippen LogP contribution in [0.3, 0.4) is 0 Å². The summed E-state index contributed by atoms with van der Waals surface area (Å²) in [6, 6.07) is 4.80. The molecule has 4 nitrogen and oxygen atoms in total. The van der Waals surface area contributed by atoms with Crippen LogP contribution in [0.1, 0.15) is 16.1 Å². The number of aromatic amines is 1. The second-order valence-electron chi connectivity index (χ2n) is 3.86. The van der Waals surface area contributed by atoms with Crippen molar-refractivity contribution < 1.29 is 22.7 Å². The van der Waals surface area contributed by atoms with Crippen molar-refractivity contribution in [3.63, 3.8) is 0 Å². The predicted octanol–water partition coefficient (Wildman–Crippen LogP) is 2.15. The Balaban J connectivity index is 2.11. The summed E-state index contributed by atoms with van der Waals surface area (Å²) in [5.41, 5.74) is -0.936. The van der Waals surface area contributed by atoms with Gasteiger partial charge in [-0.05, 0) is 12.1 Å². The quantitative estimate of drug-likeness (QED) is 0.693. The molecule has 0 amide bonds. The van der Waals surface area contributed by atoms with Crippen LogP contribution in [-0.2, 0) is 11.3 Å². The van der Waals surface area contributed by atoms with Gasteiger partial charge >= 0.3 is 5.97 Å². The van der Waals surface area contributed by atoms with Crippen LogP contribution in [0, 0.1) is 17.5 Å². The minimum absolute atomic E-state index is 0.125. The molecule has 104 valence electrons. The van der Waals surface area contributed by atoms with E-state index in [-0.39, 0.29) is 11.3 Å². The molecule has 2 aromatic rings. The number of esters is 1. The number of ether oxygens (including phenoxy) is 1. The van der Waals surface area contributed by atoms with E-state index >= 15 is 0 Å².